The van der Waals surface area contributed by atoms with Gasteiger partial charge in [-0.25, -0.2) is 0 Å². The summed E-state index contributed by atoms with van der Waals surface area (Å²) in [5, 5.41) is 0. The van der Waals surface area contributed by atoms with E-state index in [-0.39, 0.29) is 0 Å². The van der Waals surface area contributed by atoms with Gasteiger partial charge in [-0.2, -0.15) is 0 Å². The third kappa shape index (κ3) is 2.87. The van der Waals surface area contributed by atoms with Crippen molar-refractivity contribution in [3.05, 3.63) is 0 Å². The maximum absolute atomic E-state index is 6.05. The minimum Gasteiger partial charge on any atom is -0.327 e. The maximum atomic E-state index is 6.05. The Bertz CT molecular complexity index is 106. The van der Waals surface area contributed by atoms with E-state index in [0.29, 0.717) is 6.04 Å². The summed E-state index contributed by atoms with van der Waals surface area (Å²) in [4.78, 5) is 0. The number of halogens is 1. The minimum atomic E-state index is 0.453. The molecule has 72 valence electrons. The first-order valence-electron chi connectivity index (χ1n) is 5.01. The van der Waals surface area contributed by atoms with Crippen molar-refractivity contribution >= 4 is 22.6 Å². The summed E-state index contributed by atoms with van der Waals surface area (Å²) in [6, 6.07) is 0.453. The van der Waals surface area contributed by atoms with Crippen LogP contribution < -0.4 is 5.73 Å². The van der Waals surface area contributed by atoms with Crippen LogP contribution in [0.15, 0.2) is 0 Å². The Labute approximate surface area is 89.6 Å². The first-order valence-corrected chi connectivity index (χ1v) is 6.25. The van der Waals surface area contributed by atoms with Gasteiger partial charge in [-0.15, -0.1) is 0 Å². The zero-order valence-electron chi connectivity index (χ0n) is 8.09. The highest BCUT2D eigenvalue weighted by molar-refractivity contribution is 14.1. The molecule has 0 aromatic heterocycles. The molecule has 0 heterocycles. The van der Waals surface area contributed by atoms with Crippen LogP contribution in [0.3, 0.4) is 0 Å². The van der Waals surface area contributed by atoms with Gasteiger partial charge in [-0.05, 0) is 37.5 Å². The molecule has 3 unspecified atom stereocenters. The van der Waals surface area contributed by atoms with Crippen molar-refractivity contribution < 1.29 is 0 Å². The Morgan fingerprint density at radius 1 is 1.00 bits per heavy atom. The Morgan fingerprint density at radius 2 is 1.58 bits per heavy atom. The fourth-order valence-corrected chi connectivity index (χ4v) is 2.56. The fraction of sp³-hybridized carbons (Fsp3) is 1.00. The van der Waals surface area contributed by atoms with Crippen LogP contribution in [0.1, 0.15) is 39.5 Å². The van der Waals surface area contributed by atoms with E-state index >= 15 is 0 Å². The molecule has 1 nitrogen and oxygen atoms in total. The lowest BCUT2D eigenvalue weighted by molar-refractivity contribution is 0.319. The molecule has 0 spiro atoms. The van der Waals surface area contributed by atoms with Crippen LogP contribution >= 0.6 is 22.6 Å². The van der Waals surface area contributed by atoms with Crippen molar-refractivity contribution in [3.63, 3.8) is 0 Å². The summed E-state index contributed by atoms with van der Waals surface area (Å²) < 4.78 is 0.848. The van der Waals surface area contributed by atoms with Gasteiger partial charge in [0, 0.05) is 9.97 Å². The van der Waals surface area contributed by atoms with E-state index < -0.39 is 0 Å². The van der Waals surface area contributed by atoms with Crippen molar-refractivity contribution in [3.8, 4) is 0 Å². The molecule has 1 saturated carbocycles. The molecule has 12 heavy (non-hydrogen) atoms. The Morgan fingerprint density at radius 3 is 2.25 bits per heavy atom. The van der Waals surface area contributed by atoms with Crippen LogP contribution in [0.5, 0.6) is 0 Å². The third-order valence-corrected chi connectivity index (χ3v) is 5.05. The molecule has 2 N–H and O–H groups in total. The summed E-state index contributed by atoms with van der Waals surface area (Å²) >= 11 is 2.59. The Hall–Kier alpha value is 0.690. The second-order valence-electron chi connectivity index (χ2n) is 4.29. The van der Waals surface area contributed by atoms with E-state index in [9.17, 15) is 0 Å². The van der Waals surface area contributed by atoms with Crippen molar-refractivity contribution in [1.29, 1.82) is 0 Å². The lowest BCUT2D eigenvalue weighted by atomic mass is 9.84. The molecular formula is C10H20IN. The lowest BCUT2D eigenvalue weighted by Crippen LogP contribution is -2.32. The van der Waals surface area contributed by atoms with Crippen LogP contribution in [-0.4, -0.2) is 9.97 Å². The molecule has 0 saturated heterocycles. The molecule has 4 atom stereocenters. The smallest absolute Gasteiger partial charge is 0.0136 e. The van der Waals surface area contributed by atoms with Crippen LogP contribution in [0, 0.1) is 11.8 Å². The molecule has 1 aliphatic carbocycles. The Kier molecular flexibility index (Phi) is 4.30. The Balaban J connectivity index is 2.45. The summed E-state index contributed by atoms with van der Waals surface area (Å²) in [7, 11) is 0. The van der Waals surface area contributed by atoms with Gasteiger partial charge in [-0.1, -0.05) is 36.4 Å². The van der Waals surface area contributed by atoms with Crippen LogP contribution in [0.25, 0.3) is 0 Å². The molecule has 1 aliphatic rings. The molecule has 1 fully saturated rings. The molecule has 0 aromatic rings. The number of hydrogen-bond donors (Lipinski definition) is 1. The van der Waals surface area contributed by atoms with E-state index in [4.69, 9.17) is 5.73 Å². The van der Waals surface area contributed by atoms with E-state index in [1.807, 2.05) is 0 Å². The molecule has 0 bridgehead atoms. The quantitative estimate of drug-likeness (QED) is 0.536. The zero-order chi connectivity index (χ0) is 9.14. The van der Waals surface area contributed by atoms with Gasteiger partial charge in [0.2, 0.25) is 0 Å². The summed E-state index contributed by atoms with van der Waals surface area (Å²) in [6.45, 7) is 4.67. The first-order chi connectivity index (χ1) is 5.61. The highest BCUT2D eigenvalue weighted by Gasteiger charge is 2.22. The lowest BCUT2D eigenvalue weighted by Gasteiger charge is -2.28. The van der Waals surface area contributed by atoms with Crippen molar-refractivity contribution in [2.75, 3.05) is 0 Å². The topological polar surface area (TPSA) is 26.0 Å². The van der Waals surface area contributed by atoms with Crippen LogP contribution in [-0.2, 0) is 0 Å². The normalized spacial score (nSPS) is 45.0. The molecule has 0 radical (unpaired) electrons. The maximum Gasteiger partial charge on any atom is 0.0136 e. The van der Waals surface area contributed by atoms with E-state index in [2.05, 4.69) is 36.4 Å². The summed E-state index contributed by atoms with van der Waals surface area (Å²) in [5.74, 6) is 1.62. The number of nitrogens with two attached hydrogens (primary N) is 1. The average molecular weight is 281 g/mol. The predicted octanol–water partition coefficient (Wildman–Crippen LogP) is 2.96. The molecule has 2 heteroatoms. The zero-order valence-corrected chi connectivity index (χ0v) is 10.3. The second-order valence-corrected chi connectivity index (χ2v) is 5.89. The van der Waals surface area contributed by atoms with Gasteiger partial charge in [-0.3, -0.25) is 0 Å². The average Bonchev–Trinajstić information content (AvgIpc) is 2.07. The van der Waals surface area contributed by atoms with Gasteiger partial charge in [0.05, 0.1) is 0 Å². The largest absolute Gasteiger partial charge is 0.327 e. The van der Waals surface area contributed by atoms with Gasteiger partial charge in [0.25, 0.3) is 0 Å². The molecule has 0 aliphatic heterocycles. The monoisotopic (exact) mass is 281 g/mol. The SMILES string of the molecule is CC1CC[C@H](C)C(N)CCC1I. The van der Waals surface area contributed by atoms with Gasteiger partial charge in [0.15, 0.2) is 0 Å². The number of alkyl halides is 1. The summed E-state index contributed by atoms with van der Waals surface area (Å²) in [6.07, 6.45) is 5.22. The van der Waals surface area contributed by atoms with Gasteiger partial charge in [0.1, 0.15) is 0 Å². The third-order valence-electron chi connectivity index (χ3n) is 3.20. The highest BCUT2D eigenvalue weighted by atomic mass is 127. The van der Waals surface area contributed by atoms with E-state index in [1.165, 1.54) is 25.7 Å². The number of rotatable bonds is 0. The fourth-order valence-electron chi connectivity index (χ4n) is 1.84. The summed E-state index contributed by atoms with van der Waals surface area (Å²) in [5.41, 5.74) is 6.05. The van der Waals surface area contributed by atoms with Crippen molar-refractivity contribution in [2.45, 2.75) is 49.5 Å². The number of hydrogen-bond acceptors (Lipinski definition) is 1. The predicted molar refractivity (Wildman–Crippen MR) is 62.6 cm³/mol. The van der Waals surface area contributed by atoms with E-state index in [1.54, 1.807) is 0 Å². The molecule has 0 amide bonds. The van der Waals surface area contributed by atoms with Crippen molar-refractivity contribution in [2.24, 2.45) is 17.6 Å². The van der Waals surface area contributed by atoms with Crippen molar-refractivity contribution in [1.82, 2.24) is 0 Å². The molecule has 1 rings (SSSR count). The van der Waals surface area contributed by atoms with Gasteiger partial charge >= 0.3 is 0 Å². The molecule has 0 aromatic carbocycles. The minimum absolute atomic E-state index is 0.453. The molecular weight excluding hydrogens is 261 g/mol. The highest BCUT2D eigenvalue weighted by Crippen LogP contribution is 2.29. The van der Waals surface area contributed by atoms with E-state index in [0.717, 1.165) is 15.8 Å². The van der Waals surface area contributed by atoms with Crippen LogP contribution in [0.2, 0.25) is 0 Å². The van der Waals surface area contributed by atoms with Gasteiger partial charge < -0.3 is 5.73 Å². The standard InChI is InChI=1S/C10H20IN/c1-7-3-4-8(2)10(12)6-5-9(7)11/h7-10H,3-6,12H2,1-2H3/t7?,8-,9?,10?/m0/s1. The van der Waals surface area contributed by atoms with Crippen LogP contribution in [0.4, 0.5) is 0 Å². The first kappa shape index (κ1) is 10.8. The second kappa shape index (κ2) is 4.80.